The number of allylic oxidation sites excluding steroid dienone is 1. The van der Waals surface area contributed by atoms with Crippen molar-refractivity contribution in [2.75, 3.05) is 26.2 Å². The van der Waals surface area contributed by atoms with Gasteiger partial charge in [0.15, 0.2) is 0 Å². The lowest BCUT2D eigenvalue weighted by molar-refractivity contribution is 0.232. The highest BCUT2D eigenvalue weighted by Gasteiger charge is 2.32. The molecule has 3 aromatic heterocycles. The van der Waals surface area contributed by atoms with Crippen LogP contribution in [0, 0.1) is 12.3 Å². The number of aryl methyl sites for hydroxylation is 1. The molecule has 1 atom stereocenters. The van der Waals surface area contributed by atoms with E-state index in [0.29, 0.717) is 29.4 Å². The molecule has 0 spiro atoms. The fourth-order valence-corrected chi connectivity index (χ4v) is 5.26. The van der Waals surface area contributed by atoms with Gasteiger partial charge in [-0.15, -0.1) is 0 Å². The number of hydrogen-bond donors (Lipinski definition) is 3. The number of hydrogen-bond acceptors (Lipinski definition) is 7. The van der Waals surface area contributed by atoms with Gasteiger partial charge in [-0.1, -0.05) is 18.2 Å². The molecule has 4 aromatic rings. The Morgan fingerprint density at radius 3 is 2.92 bits per heavy atom. The molecule has 1 aliphatic carbocycles. The molecule has 182 valence electrons. The molecule has 1 aliphatic heterocycles. The van der Waals surface area contributed by atoms with E-state index < -0.39 is 5.92 Å². The third-order valence-corrected chi connectivity index (χ3v) is 7.07. The molecule has 0 saturated carbocycles. The average Bonchev–Trinajstić information content (AvgIpc) is 3.57. The molecule has 0 bridgehead atoms. The van der Waals surface area contributed by atoms with Crippen LogP contribution < -0.4 is 10.3 Å². The Hall–Kier alpha value is -4.11. The quantitative estimate of drug-likeness (QED) is 0.388. The minimum absolute atomic E-state index is 0.206. The second-order valence-corrected chi connectivity index (χ2v) is 9.31. The SMILES string of the molecule is Cc1ccc2[nH]ncc2c1C1C=C(c2cccc(OCCN3CCCC3)n2)c2nc[nH]c(=O)c2C1=N. The molecule has 1 fully saturated rings. The normalized spacial score (nSPS) is 17.9. The molecular formula is C27H27N7O2. The summed E-state index contributed by atoms with van der Waals surface area (Å²) in [6.07, 6.45) is 7.63. The summed E-state index contributed by atoms with van der Waals surface area (Å²) in [6, 6.07) is 9.62. The van der Waals surface area contributed by atoms with Crippen LogP contribution in [0.15, 0.2) is 53.7 Å². The maximum absolute atomic E-state index is 12.9. The Kier molecular flexibility index (Phi) is 5.69. The van der Waals surface area contributed by atoms with Gasteiger partial charge in [0.2, 0.25) is 5.88 Å². The van der Waals surface area contributed by atoms with E-state index in [4.69, 9.17) is 15.1 Å². The highest BCUT2D eigenvalue weighted by atomic mass is 16.5. The van der Waals surface area contributed by atoms with Crippen LogP contribution >= 0.6 is 0 Å². The van der Waals surface area contributed by atoms with Gasteiger partial charge >= 0.3 is 0 Å². The van der Waals surface area contributed by atoms with Crippen molar-refractivity contribution in [3.63, 3.8) is 0 Å². The molecule has 4 heterocycles. The fourth-order valence-electron chi connectivity index (χ4n) is 5.26. The van der Waals surface area contributed by atoms with Crippen molar-refractivity contribution < 1.29 is 4.74 Å². The molecule has 3 N–H and O–H groups in total. The summed E-state index contributed by atoms with van der Waals surface area (Å²) in [6.45, 7) is 5.70. The lowest BCUT2D eigenvalue weighted by Crippen LogP contribution is -2.29. The number of pyridine rings is 1. The Morgan fingerprint density at radius 1 is 1.19 bits per heavy atom. The lowest BCUT2D eigenvalue weighted by atomic mass is 9.79. The van der Waals surface area contributed by atoms with Gasteiger partial charge in [0.25, 0.3) is 5.56 Å². The van der Waals surface area contributed by atoms with Crippen molar-refractivity contribution >= 4 is 22.2 Å². The standard InChI is InChI=1S/C27H27N7O2/c1-16-7-8-21-19(14-31-33-21)23(16)18-13-17(26-24(25(18)28)27(35)30-15-29-26)20-5-4-6-22(32-20)36-12-11-34-9-2-3-10-34/h4-8,13-15,18,28H,2-3,9-12H2,1H3,(H,31,33)(H,29,30,35). The van der Waals surface area contributed by atoms with Gasteiger partial charge in [0.1, 0.15) is 6.61 Å². The molecule has 1 aromatic carbocycles. The van der Waals surface area contributed by atoms with Gasteiger partial charge in [-0.25, -0.2) is 9.97 Å². The van der Waals surface area contributed by atoms with Crippen molar-refractivity contribution in [1.82, 2.24) is 30.0 Å². The monoisotopic (exact) mass is 481 g/mol. The van der Waals surface area contributed by atoms with Crippen LogP contribution in [-0.4, -0.2) is 62.0 Å². The van der Waals surface area contributed by atoms with E-state index in [1.165, 1.54) is 19.2 Å². The summed E-state index contributed by atoms with van der Waals surface area (Å²) in [7, 11) is 0. The second-order valence-electron chi connectivity index (χ2n) is 9.31. The highest BCUT2D eigenvalue weighted by molar-refractivity contribution is 6.12. The number of benzene rings is 1. The summed E-state index contributed by atoms with van der Waals surface area (Å²) in [5.41, 5.74) is 4.80. The molecule has 9 nitrogen and oxygen atoms in total. The minimum atomic E-state index is -0.458. The first-order chi connectivity index (χ1) is 17.6. The Bertz CT molecular complexity index is 1550. The third-order valence-electron chi connectivity index (χ3n) is 7.07. The average molecular weight is 482 g/mol. The summed E-state index contributed by atoms with van der Waals surface area (Å²) >= 11 is 0. The van der Waals surface area contributed by atoms with Crippen LogP contribution in [-0.2, 0) is 0 Å². The number of nitrogens with one attached hydrogen (secondary N) is 3. The molecule has 1 saturated heterocycles. The van der Waals surface area contributed by atoms with Crippen molar-refractivity contribution in [1.29, 1.82) is 5.41 Å². The molecule has 6 rings (SSSR count). The fraction of sp³-hybridized carbons (Fsp3) is 0.296. The molecule has 2 aliphatic rings. The molecule has 9 heteroatoms. The number of rotatable bonds is 6. The number of nitrogens with zero attached hydrogens (tertiary/aromatic N) is 4. The van der Waals surface area contributed by atoms with Crippen molar-refractivity contribution in [3.05, 3.63) is 87.4 Å². The van der Waals surface area contributed by atoms with Crippen LogP contribution in [0.3, 0.4) is 0 Å². The van der Waals surface area contributed by atoms with Crippen LogP contribution in [0.2, 0.25) is 0 Å². The molecule has 0 amide bonds. The molecular weight excluding hydrogens is 454 g/mol. The van der Waals surface area contributed by atoms with Crippen molar-refractivity contribution in [2.45, 2.75) is 25.7 Å². The van der Waals surface area contributed by atoms with Crippen LogP contribution in [0.4, 0.5) is 0 Å². The predicted molar refractivity (Wildman–Crippen MR) is 138 cm³/mol. The Morgan fingerprint density at radius 2 is 2.06 bits per heavy atom. The lowest BCUT2D eigenvalue weighted by Gasteiger charge is -2.25. The van der Waals surface area contributed by atoms with E-state index in [1.54, 1.807) is 6.20 Å². The maximum atomic E-state index is 12.9. The minimum Gasteiger partial charge on any atom is -0.476 e. The zero-order valence-corrected chi connectivity index (χ0v) is 20.0. The largest absolute Gasteiger partial charge is 0.476 e. The van der Waals surface area contributed by atoms with Gasteiger partial charge in [0, 0.05) is 29.5 Å². The van der Waals surface area contributed by atoms with E-state index in [0.717, 1.165) is 41.7 Å². The first-order valence-electron chi connectivity index (χ1n) is 12.2. The van der Waals surface area contributed by atoms with Gasteiger partial charge in [-0.3, -0.25) is 14.8 Å². The van der Waals surface area contributed by atoms with E-state index in [2.05, 4.69) is 25.1 Å². The number of H-pyrrole nitrogens is 2. The number of aromatic nitrogens is 5. The predicted octanol–water partition coefficient (Wildman–Crippen LogP) is 3.42. The Balaban J connectivity index is 1.42. The zero-order chi connectivity index (χ0) is 24.6. The second kappa shape index (κ2) is 9.16. The number of ether oxygens (including phenoxy) is 1. The molecule has 0 radical (unpaired) electrons. The van der Waals surface area contributed by atoms with E-state index in [-0.39, 0.29) is 16.8 Å². The maximum Gasteiger partial charge on any atom is 0.260 e. The van der Waals surface area contributed by atoms with Gasteiger partial charge in [-0.2, -0.15) is 5.10 Å². The molecule has 1 unspecified atom stereocenters. The summed E-state index contributed by atoms with van der Waals surface area (Å²) in [5.74, 6) is 0.0740. The van der Waals surface area contributed by atoms with Crippen molar-refractivity contribution in [3.8, 4) is 5.88 Å². The van der Waals surface area contributed by atoms with Gasteiger partial charge in [-0.05, 0) is 56.1 Å². The van der Waals surface area contributed by atoms with Crippen LogP contribution in [0.1, 0.15) is 46.8 Å². The van der Waals surface area contributed by atoms with Crippen LogP contribution in [0.25, 0.3) is 16.5 Å². The first-order valence-corrected chi connectivity index (χ1v) is 12.2. The number of likely N-dealkylation sites (tertiary alicyclic amines) is 1. The summed E-state index contributed by atoms with van der Waals surface area (Å²) < 4.78 is 5.99. The van der Waals surface area contributed by atoms with Gasteiger partial charge < -0.3 is 15.1 Å². The van der Waals surface area contributed by atoms with Crippen molar-refractivity contribution in [2.24, 2.45) is 0 Å². The van der Waals surface area contributed by atoms with E-state index in [9.17, 15) is 4.79 Å². The highest BCUT2D eigenvalue weighted by Crippen LogP contribution is 2.39. The number of aromatic amines is 2. The molecule has 36 heavy (non-hydrogen) atoms. The first kappa shape index (κ1) is 22.4. The van der Waals surface area contributed by atoms with E-state index in [1.807, 2.05) is 43.3 Å². The summed E-state index contributed by atoms with van der Waals surface area (Å²) in [5, 5.41) is 17.2. The topological polar surface area (TPSA) is 124 Å². The summed E-state index contributed by atoms with van der Waals surface area (Å²) in [4.78, 5) is 27.2. The zero-order valence-electron chi connectivity index (χ0n) is 20.0. The third kappa shape index (κ3) is 3.91. The number of fused-ring (bicyclic) bond motifs is 2. The smallest absolute Gasteiger partial charge is 0.260 e. The van der Waals surface area contributed by atoms with Gasteiger partial charge in [0.05, 0.1) is 40.7 Å². The Labute approximate surface area is 207 Å². The van der Waals surface area contributed by atoms with Crippen LogP contribution in [0.5, 0.6) is 5.88 Å². The van der Waals surface area contributed by atoms with E-state index >= 15 is 0 Å².